The van der Waals surface area contributed by atoms with Gasteiger partial charge in [0.25, 0.3) is 0 Å². The molecule has 0 fully saturated rings. The van der Waals surface area contributed by atoms with E-state index in [1.54, 1.807) is 20.8 Å². The van der Waals surface area contributed by atoms with Crippen molar-refractivity contribution in [1.29, 1.82) is 0 Å². The van der Waals surface area contributed by atoms with Gasteiger partial charge in [-0.2, -0.15) is 0 Å². The molecule has 14 heavy (non-hydrogen) atoms. The summed E-state index contributed by atoms with van der Waals surface area (Å²) in [5.74, 6) is -1.11. The highest BCUT2D eigenvalue weighted by Crippen LogP contribution is 2.09. The van der Waals surface area contributed by atoms with Crippen LogP contribution in [0.15, 0.2) is 0 Å². The summed E-state index contributed by atoms with van der Waals surface area (Å²) in [5.41, 5.74) is -0.572. The second-order valence-corrected chi connectivity index (χ2v) is 4.38. The zero-order valence-corrected chi connectivity index (χ0v) is 9.55. The van der Waals surface area contributed by atoms with Crippen LogP contribution in [0.3, 0.4) is 0 Å². The van der Waals surface area contributed by atoms with Gasteiger partial charge in [-0.05, 0) is 27.2 Å². The van der Waals surface area contributed by atoms with Crippen LogP contribution < -0.4 is 0 Å². The molecule has 0 spiro atoms. The zero-order valence-electron chi connectivity index (χ0n) is 9.55. The molecule has 82 valence electrons. The van der Waals surface area contributed by atoms with Crippen molar-refractivity contribution >= 4 is 11.8 Å². The fraction of sp³-hybridized carbons (Fsp3) is 0.818. The van der Waals surface area contributed by atoms with Crippen molar-refractivity contribution in [2.24, 2.45) is 0 Å². The normalized spacial score (nSPS) is 11.1. The van der Waals surface area contributed by atoms with Crippen LogP contribution in [-0.2, 0) is 14.3 Å². The fourth-order valence-corrected chi connectivity index (χ4v) is 0.973. The smallest absolute Gasteiger partial charge is 0.375 e. The van der Waals surface area contributed by atoms with Gasteiger partial charge in [-0.3, -0.25) is 4.79 Å². The lowest BCUT2D eigenvalue weighted by atomic mass is 10.1. The zero-order chi connectivity index (χ0) is 11.2. The molecule has 0 unspecified atom stereocenters. The van der Waals surface area contributed by atoms with E-state index in [1.807, 2.05) is 0 Å². The van der Waals surface area contributed by atoms with Gasteiger partial charge in [0.15, 0.2) is 0 Å². The summed E-state index contributed by atoms with van der Waals surface area (Å²) in [6, 6.07) is 0. The third kappa shape index (κ3) is 6.63. The molecule has 0 radical (unpaired) electrons. The summed E-state index contributed by atoms with van der Waals surface area (Å²) in [7, 11) is 0. The molecule has 0 heterocycles. The molecule has 3 heteroatoms. The van der Waals surface area contributed by atoms with Crippen LogP contribution in [0.25, 0.3) is 0 Å². The Labute approximate surface area is 85.8 Å². The number of hydrogen-bond donors (Lipinski definition) is 0. The van der Waals surface area contributed by atoms with E-state index in [0.717, 1.165) is 19.3 Å². The molecular formula is C11H20O3. The van der Waals surface area contributed by atoms with Gasteiger partial charge < -0.3 is 4.74 Å². The number of ketones is 1. The first-order valence-electron chi connectivity index (χ1n) is 5.13. The summed E-state index contributed by atoms with van der Waals surface area (Å²) in [4.78, 5) is 22.4. The highest BCUT2D eigenvalue weighted by molar-refractivity contribution is 6.33. The van der Waals surface area contributed by atoms with Crippen LogP contribution in [0.5, 0.6) is 0 Å². The molecule has 0 aliphatic heterocycles. The Morgan fingerprint density at radius 2 is 1.71 bits per heavy atom. The minimum atomic E-state index is -0.700. The molecule has 0 atom stereocenters. The van der Waals surface area contributed by atoms with Gasteiger partial charge in [0.2, 0.25) is 5.78 Å². The highest BCUT2D eigenvalue weighted by atomic mass is 16.6. The Morgan fingerprint density at radius 3 is 2.14 bits per heavy atom. The van der Waals surface area contributed by atoms with Gasteiger partial charge in [0.05, 0.1) is 0 Å². The maximum atomic E-state index is 11.2. The maximum absolute atomic E-state index is 11.2. The van der Waals surface area contributed by atoms with E-state index < -0.39 is 17.4 Å². The van der Waals surface area contributed by atoms with E-state index in [0.29, 0.717) is 6.42 Å². The maximum Gasteiger partial charge on any atom is 0.375 e. The van der Waals surface area contributed by atoms with E-state index in [4.69, 9.17) is 4.74 Å². The van der Waals surface area contributed by atoms with E-state index in [-0.39, 0.29) is 0 Å². The lowest BCUT2D eigenvalue weighted by Gasteiger charge is -2.18. The van der Waals surface area contributed by atoms with Crippen molar-refractivity contribution in [3.63, 3.8) is 0 Å². The summed E-state index contributed by atoms with van der Waals surface area (Å²) >= 11 is 0. The summed E-state index contributed by atoms with van der Waals surface area (Å²) in [6.45, 7) is 7.32. The molecule has 0 aromatic heterocycles. The first kappa shape index (κ1) is 13.1. The van der Waals surface area contributed by atoms with Crippen LogP contribution in [0, 0.1) is 0 Å². The van der Waals surface area contributed by atoms with Gasteiger partial charge in [-0.1, -0.05) is 19.8 Å². The number of carbonyl (C=O) groups is 2. The topological polar surface area (TPSA) is 43.4 Å². The first-order chi connectivity index (χ1) is 6.37. The summed E-state index contributed by atoms with van der Waals surface area (Å²) < 4.78 is 4.94. The van der Waals surface area contributed by atoms with E-state index in [9.17, 15) is 9.59 Å². The fourth-order valence-electron chi connectivity index (χ4n) is 0.973. The van der Waals surface area contributed by atoms with Crippen molar-refractivity contribution < 1.29 is 14.3 Å². The third-order valence-corrected chi connectivity index (χ3v) is 1.63. The van der Waals surface area contributed by atoms with Crippen molar-refractivity contribution in [2.75, 3.05) is 0 Å². The Balaban J connectivity index is 3.83. The van der Waals surface area contributed by atoms with E-state index in [1.165, 1.54) is 0 Å². The lowest BCUT2D eigenvalue weighted by molar-refractivity contribution is -0.162. The highest BCUT2D eigenvalue weighted by Gasteiger charge is 2.21. The van der Waals surface area contributed by atoms with Crippen LogP contribution in [0.4, 0.5) is 0 Å². The number of esters is 1. The molecule has 0 saturated carbocycles. The van der Waals surface area contributed by atoms with Crippen molar-refractivity contribution in [3.8, 4) is 0 Å². The molecule has 0 aromatic rings. The predicted molar refractivity (Wildman–Crippen MR) is 55.0 cm³/mol. The van der Waals surface area contributed by atoms with E-state index in [2.05, 4.69) is 6.92 Å². The third-order valence-electron chi connectivity index (χ3n) is 1.63. The lowest BCUT2D eigenvalue weighted by Crippen LogP contribution is -2.28. The Morgan fingerprint density at radius 1 is 1.14 bits per heavy atom. The Hall–Kier alpha value is -0.860. The quantitative estimate of drug-likeness (QED) is 0.389. The van der Waals surface area contributed by atoms with E-state index >= 15 is 0 Å². The number of Topliss-reactive ketones (excluding diaryl/α,β-unsaturated/α-hetero) is 1. The molecule has 0 saturated heterocycles. The Bertz CT molecular complexity index is 201. The van der Waals surface area contributed by atoms with Gasteiger partial charge in [0.1, 0.15) is 5.60 Å². The van der Waals surface area contributed by atoms with Crippen LogP contribution in [0.1, 0.15) is 53.4 Å². The number of ether oxygens (including phenoxy) is 1. The first-order valence-corrected chi connectivity index (χ1v) is 5.13. The van der Waals surface area contributed by atoms with Crippen molar-refractivity contribution in [2.45, 2.75) is 59.0 Å². The van der Waals surface area contributed by atoms with Gasteiger partial charge in [0, 0.05) is 6.42 Å². The number of unbranched alkanes of at least 4 members (excludes halogenated alkanes) is 2. The van der Waals surface area contributed by atoms with Crippen molar-refractivity contribution in [1.82, 2.24) is 0 Å². The van der Waals surface area contributed by atoms with Gasteiger partial charge in [-0.25, -0.2) is 4.79 Å². The largest absolute Gasteiger partial charge is 0.454 e. The van der Waals surface area contributed by atoms with Crippen LogP contribution >= 0.6 is 0 Å². The Kier molecular flexibility index (Phi) is 5.43. The minimum Gasteiger partial charge on any atom is -0.454 e. The second kappa shape index (κ2) is 5.78. The average Bonchev–Trinajstić information content (AvgIpc) is 2.01. The summed E-state index contributed by atoms with van der Waals surface area (Å²) in [6.07, 6.45) is 3.10. The molecule has 0 aromatic carbocycles. The van der Waals surface area contributed by atoms with Gasteiger partial charge in [-0.15, -0.1) is 0 Å². The SMILES string of the molecule is CCCCCC(=O)C(=O)OC(C)(C)C. The van der Waals surface area contributed by atoms with Gasteiger partial charge >= 0.3 is 5.97 Å². The second-order valence-electron chi connectivity index (χ2n) is 4.38. The molecular weight excluding hydrogens is 180 g/mol. The number of hydrogen-bond acceptors (Lipinski definition) is 3. The summed E-state index contributed by atoms with van der Waals surface area (Å²) in [5, 5.41) is 0. The molecule has 0 aliphatic rings. The standard InChI is InChI=1S/C11H20O3/c1-5-6-7-8-9(12)10(13)14-11(2,3)4/h5-8H2,1-4H3. The number of carbonyl (C=O) groups excluding carboxylic acids is 2. The molecule has 0 bridgehead atoms. The molecule has 0 rings (SSSR count). The minimum absolute atomic E-state index is 0.308. The molecule has 0 N–H and O–H groups in total. The van der Waals surface area contributed by atoms with Crippen molar-refractivity contribution in [3.05, 3.63) is 0 Å². The van der Waals surface area contributed by atoms with Crippen LogP contribution in [0.2, 0.25) is 0 Å². The molecule has 3 nitrogen and oxygen atoms in total. The monoisotopic (exact) mass is 200 g/mol. The molecule has 0 aliphatic carbocycles. The molecule has 0 amide bonds. The average molecular weight is 200 g/mol. The number of rotatable bonds is 5. The predicted octanol–water partition coefficient (Wildman–Crippen LogP) is 2.48. The van der Waals surface area contributed by atoms with Crippen LogP contribution in [-0.4, -0.2) is 17.4 Å².